The molecule has 0 unspecified atom stereocenters. The van der Waals surface area contributed by atoms with Crippen molar-refractivity contribution in [2.75, 3.05) is 18.2 Å². The number of hydrogen-bond donors (Lipinski definition) is 2. The van der Waals surface area contributed by atoms with Gasteiger partial charge >= 0.3 is 0 Å². The maximum atomic E-state index is 11.9. The quantitative estimate of drug-likeness (QED) is 0.801. The van der Waals surface area contributed by atoms with Crippen LogP contribution < -0.4 is 15.8 Å². The van der Waals surface area contributed by atoms with Gasteiger partial charge in [-0.2, -0.15) is 0 Å². The first-order valence-corrected chi connectivity index (χ1v) is 6.92. The summed E-state index contributed by atoms with van der Waals surface area (Å²) in [6, 6.07) is 5.28. The van der Waals surface area contributed by atoms with Gasteiger partial charge < -0.3 is 15.8 Å². The summed E-state index contributed by atoms with van der Waals surface area (Å²) in [5.41, 5.74) is 7.04. The van der Waals surface area contributed by atoms with Crippen molar-refractivity contribution in [2.45, 2.75) is 38.5 Å². The molecule has 1 saturated carbocycles. The monoisotopic (exact) mass is 262 g/mol. The molecule has 0 spiro atoms. The van der Waals surface area contributed by atoms with E-state index in [1.165, 1.54) is 25.7 Å². The molecule has 0 atom stereocenters. The Bertz CT molecular complexity index is 440. The molecule has 0 bridgehead atoms. The van der Waals surface area contributed by atoms with Gasteiger partial charge in [-0.05, 0) is 24.5 Å². The average Bonchev–Trinajstić information content (AvgIpc) is 2.92. The lowest BCUT2D eigenvalue weighted by molar-refractivity contribution is -0.116. The van der Waals surface area contributed by atoms with Crippen LogP contribution >= 0.6 is 0 Å². The van der Waals surface area contributed by atoms with Crippen molar-refractivity contribution in [3.63, 3.8) is 0 Å². The van der Waals surface area contributed by atoms with E-state index in [1.54, 1.807) is 25.3 Å². The van der Waals surface area contributed by atoms with Gasteiger partial charge in [0.05, 0.1) is 18.5 Å². The van der Waals surface area contributed by atoms with Gasteiger partial charge in [-0.25, -0.2) is 0 Å². The van der Waals surface area contributed by atoms with Crippen LogP contribution in [-0.4, -0.2) is 13.0 Å². The molecule has 1 aliphatic rings. The molecule has 4 nitrogen and oxygen atoms in total. The Hall–Kier alpha value is -1.71. The highest BCUT2D eigenvalue weighted by molar-refractivity contribution is 5.94. The van der Waals surface area contributed by atoms with Gasteiger partial charge in [0.1, 0.15) is 5.75 Å². The molecule has 3 N–H and O–H groups in total. The number of rotatable bonds is 5. The Labute approximate surface area is 114 Å². The summed E-state index contributed by atoms with van der Waals surface area (Å²) in [6.07, 6.45) is 6.73. The Morgan fingerprint density at radius 2 is 2.16 bits per heavy atom. The maximum Gasteiger partial charge on any atom is 0.224 e. The molecule has 104 valence electrons. The smallest absolute Gasteiger partial charge is 0.224 e. The average molecular weight is 262 g/mol. The molecule has 1 aromatic rings. The number of carbonyl (C=O) groups excluding carboxylic acids is 1. The van der Waals surface area contributed by atoms with E-state index in [9.17, 15) is 4.79 Å². The molecule has 0 radical (unpaired) electrons. The van der Waals surface area contributed by atoms with E-state index in [1.807, 2.05) is 0 Å². The molecular weight excluding hydrogens is 240 g/mol. The maximum absolute atomic E-state index is 11.9. The van der Waals surface area contributed by atoms with Gasteiger partial charge in [-0.3, -0.25) is 4.79 Å². The van der Waals surface area contributed by atoms with E-state index >= 15 is 0 Å². The highest BCUT2D eigenvalue weighted by atomic mass is 16.5. The van der Waals surface area contributed by atoms with Crippen LogP contribution in [0.2, 0.25) is 0 Å². The predicted molar refractivity (Wildman–Crippen MR) is 77.2 cm³/mol. The largest absolute Gasteiger partial charge is 0.497 e. The number of benzene rings is 1. The summed E-state index contributed by atoms with van der Waals surface area (Å²) < 4.78 is 5.13. The molecule has 1 fully saturated rings. The minimum Gasteiger partial charge on any atom is -0.497 e. The molecule has 2 rings (SSSR count). The van der Waals surface area contributed by atoms with E-state index < -0.39 is 0 Å². The summed E-state index contributed by atoms with van der Waals surface area (Å²) in [6.45, 7) is 0. The molecule has 0 heterocycles. The van der Waals surface area contributed by atoms with Gasteiger partial charge in [0.15, 0.2) is 0 Å². The van der Waals surface area contributed by atoms with Gasteiger partial charge in [-0.1, -0.05) is 25.7 Å². The first kappa shape index (κ1) is 13.7. The summed E-state index contributed by atoms with van der Waals surface area (Å²) >= 11 is 0. The Balaban J connectivity index is 1.87. The van der Waals surface area contributed by atoms with Crippen molar-refractivity contribution in [2.24, 2.45) is 5.92 Å². The highest BCUT2D eigenvalue weighted by Gasteiger charge is 2.16. The lowest BCUT2D eigenvalue weighted by Crippen LogP contribution is -2.14. The van der Waals surface area contributed by atoms with Crippen LogP contribution in [0.3, 0.4) is 0 Å². The predicted octanol–water partition coefficient (Wildman–Crippen LogP) is 3.19. The molecule has 1 aliphatic carbocycles. The minimum atomic E-state index is 0.0341. The van der Waals surface area contributed by atoms with Crippen LogP contribution in [0.15, 0.2) is 18.2 Å². The fourth-order valence-corrected chi connectivity index (χ4v) is 2.62. The van der Waals surface area contributed by atoms with Gasteiger partial charge in [0.25, 0.3) is 0 Å². The number of nitrogen functional groups attached to an aromatic ring is 1. The van der Waals surface area contributed by atoms with Gasteiger partial charge in [0, 0.05) is 12.5 Å². The number of nitrogens with two attached hydrogens (primary N) is 1. The number of ether oxygens (including phenoxy) is 1. The first-order valence-electron chi connectivity index (χ1n) is 6.92. The standard InChI is InChI=1S/C15H22N2O2/c1-19-12-7-8-13(16)14(10-12)17-15(18)9-6-11-4-2-3-5-11/h7-8,10-11H,2-6,9,16H2,1H3,(H,17,18). The topological polar surface area (TPSA) is 64.3 Å². The number of amides is 1. The molecule has 19 heavy (non-hydrogen) atoms. The van der Waals surface area contributed by atoms with Crippen LogP contribution in [0, 0.1) is 5.92 Å². The van der Waals surface area contributed by atoms with Gasteiger partial charge in [-0.15, -0.1) is 0 Å². The molecule has 1 amide bonds. The Morgan fingerprint density at radius 3 is 2.84 bits per heavy atom. The number of anilines is 2. The van der Waals surface area contributed by atoms with E-state index in [0.29, 0.717) is 23.5 Å². The van der Waals surface area contributed by atoms with Crippen LogP contribution in [0.25, 0.3) is 0 Å². The summed E-state index contributed by atoms with van der Waals surface area (Å²) in [5.74, 6) is 1.46. The molecule has 4 heteroatoms. The van der Waals surface area contributed by atoms with Crippen LogP contribution in [0.1, 0.15) is 38.5 Å². The zero-order chi connectivity index (χ0) is 13.7. The molecular formula is C15H22N2O2. The Kier molecular flexibility index (Phi) is 4.66. The number of carbonyl (C=O) groups is 1. The second-order valence-electron chi connectivity index (χ2n) is 5.19. The van der Waals surface area contributed by atoms with E-state index in [2.05, 4.69) is 5.32 Å². The normalized spacial score (nSPS) is 15.4. The summed E-state index contributed by atoms with van der Waals surface area (Å²) in [4.78, 5) is 11.9. The van der Waals surface area contributed by atoms with E-state index in [0.717, 1.165) is 12.3 Å². The lowest BCUT2D eigenvalue weighted by Gasteiger charge is -2.11. The van der Waals surface area contributed by atoms with Gasteiger partial charge in [0.2, 0.25) is 5.91 Å². The van der Waals surface area contributed by atoms with Crippen LogP contribution in [0.4, 0.5) is 11.4 Å². The minimum absolute atomic E-state index is 0.0341. The first-order chi connectivity index (χ1) is 9.19. The SMILES string of the molecule is COc1ccc(N)c(NC(=O)CCC2CCCC2)c1. The number of nitrogens with one attached hydrogen (secondary N) is 1. The molecule has 0 saturated heterocycles. The zero-order valence-electron chi connectivity index (χ0n) is 11.4. The second-order valence-corrected chi connectivity index (χ2v) is 5.19. The number of methoxy groups -OCH3 is 1. The van der Waals surface area contributed by atoms with Crippen molar-refractivity contribution in [1.29, 1.82) is 0 Å². The fraction of sp³-hybridized carbons (Fsp3) is 0.533. The second kappa shape index (κ2) is 6.45. The van der Waals surface area contributed by atoms with E-state index in [4.69, 9.17) is 10.5 Å². The molecule has 0 aliphatic heterocycles. The van der Waals surface area contributed by atoms with Crippen molar-refractivity contribution in [3.8, 4) is 5.75 Å². The van der Waals surface area contributed by atoms with Crippen molar-refractivity contribution in [3.05, 3.63) is 18.2 Å². The van der Waals surface area contributed by atoms with Crippen LogP contribution in [0.5, 0.6) is 5.75 Å². The fourth-order valence-electron chi connectivity index (χ4n) is 2.62. The highest BCUT2D eigenvalue weighted by Crippen LogP contribution is 2.29. The third-order valence-corrected chi connectivity index (χ3v) is 3.79. The third kappa shape index (κ3) is 3.88. The van der Waals surface area contributed by atoms with Crippen molar-refractivity contribution < 1.29 is 9.53 Å². The van der Waals surface area contributed by atoms with E-state index in [-0.39, 0.29) is 5.91 Å². The lowest BCUT2D eigenvalue weighted by atomic mass is 10.0. The molecule has 0 aromatic heterocycles. The Morgan fingerprint density at radius 1 is 1.42 bits per heavy atom. The zero-order valence-corrected chi connectivity index (χ0v) is 11.4. The van der Waals surface area contributed by atoms with Crippen molar-refractivity contribution in [1.82, 2.24) is 0 Å². The summed E-state index contributed by atoms with van der Waals surface area (Å²) in [5, 5.41) is 2.86. The third-order valence-electron chi connectivity index (χ3n) is 3.79. The van der Waals surface area contributed by atoms with Crippen LogP contribution in [-0.2, 0) is 4.79 Å². The molecule has 1 aromatic carbocycles. The van der Waals surface area contributed by atoms with Crippen molar-refractivity contribution >= 4 is 17.3 Å². The number of hydrogen-bond acceptors (Lipinski definition) is 3. The summed E-state index contributed by atoms with van der Waals surface area (Å²) in [7, 11) is 1.59.